The highest BCUT2D eigenvalue weighted by Crippen LogP contribution is 2.45. The molecule has 0 spiro atoms. The summed E-state index contributed by atoms with van der Waals surface area (Å²) in [6.45, 7) is 4.25. The number of hydrogen-bond donors (Lipinski definition) is 1. The van der Waals surface area contributed by atoms with Crippen LogP contribution in [0, 0.1) is 36.0 Å². The van der Waals surface area contributed by atoms with Crippen molar-refractivity contribution in [3.05, 3.63) is 41.5 Å². The molecule has 4 unspecified atom stereocenters. The minimum absolute atomic E-state index is 0.425. The van der Waals surface area contributed by atoms with Crippen LogP contribution in [0.2, 0.25) is 0 Å². The van der Waals surface area contributed by atoms with E-state index in [4.69, 9.17) is 0 Å². The molecule has 1 saturated carbocycles. The van der Waals surface area contributed by atoms with Gasteiger partial charge >= 0.3 is 0 Å². The lowest BCUT2D eigenvalue weighted by Crippen LogP contribution is -2.29. The zero-order valence-electron chi connectivity index (χ0n) is 11.6. The van der Waals surface area contributed by atoms with E-state index in [0.29, 0.717) is 12.0 Å². The second kappa shape index (κ2) is 4.74. The van der Waals surface area contributed by atoms with E-state index in [0.717, 1.165) is 28.7 Å². The van der Waals surface area contributed by atoms with Crippen LogP contribution in [0.4, 0.5) is 5.69 Å². The summed E-state index contributed by atoms with van der Waals surface area (Å²) in [6, 6.07) is 8.78. The van der Waals surface area contributed by atoms with E-state index in [1.54, 1.807) is 0 Å². The van der Waals surface area contributed by atoms with Gasteiger partial charge in [0.15, 0.2) is 0 Å². The van der Waals surface area contributed by atoms with Crippen molar-refractivity contribution in [2.45, 2.75) is 32.7 Å². The third-order valence-corrected chi connectivity index (χ3v) is 4.74. The highest BCUT2D eigenvalue weighted by atomic mass is 14.9. The monoisotopic (exact) mass is 252 g/mol. The Bertz CT molecular complexity index is 553. The minimum atomic E-state index is 0.425. The molecule has 1 fully saturated rings. The van der Waals surface area contributed by atoms with Crippen LogP contribution in [0.3, 0.4) is 0 Å². The van der Waals surface area contributed by atoms with Crippen molar-refractivity contribution in [3.8, 4) is 6.07 Å². The molecule has 2 bridgehead atoms. The van der Waals surface area contributed by atoms with E-state index >= 15 is 0 Å². The molecule has 2 nitrogen and oxygen atoms in total. The molecule has 0 aromatic heterocycles. The van der Waals surface area contributed by atoms with Crippen LogP contribution in [-0.2, 0) is 0 Å². The highest BCUT2D eigenvalue weighted by Gasteiger charge is 2.38. The number of anilines is 1. The highest BCUT2D eigenvalue weighted by molar-refractivity contribution is 5.61. The average molecular weight is 252 g/mol. The summed E-state index contributed by atoms with van der Waals surface area (Å²) in [6.07, 6.45) is 7.39. The van der Waals surface area contributed by atoms with Crippen LogP contribution in [0.15, 0.2) is 30.4 Å². The number of nitrogens with zero attached hydrogens (tertiary/aromatic N) is 1. The van der Waals surface area contributed by atoms with Gasteiger partial charge in [0.1, 0.15) is 6.07 Å². The summed E-state index contributed by atoms with van der Waals surface area (Å²) in [5.41, 5.74) is 2.82. The van der Waals surface area contributed by atoms with Crippen LogP contribution in [0.25, 0.3) is 0 Å². The topological polar surface area (TPSA) is 35.8 Å². The number of rotatable bonds is 3. The molecule has 2 aliphatic carbocycles. The maximum atomic E-state index is 9.28. The Kier molecular flexibility index (Phi) is 3.06. The zero-order valence-corrected chi connectivity index (χ0v) is 11.6. The van der Waals surface area contributed by atoms with Crippen molar-refractivity contribution in [1.82, 2.24) is 0 Å². The first-order chi connectivity index (χ1) is 9.19. The molecule has 1 aromatic carbocycles. The molecule has 4 atom stereocenters. The predicted molar refractivity (Wildman–Crippen MR) is 77.8 cm³/mol. The quantitative estimate of drug-likeness (QED) is 0.829. The molecule has 3 rings (SSSR count). The molecule has 0 radical (unpaired) electrons. The molecule has 0 saturated heterocycles. The average Bonchev–Trinajstić information content (AvgIpc) is 3.01. The van der Waals surface area contributed by atoms with Gasteiger partial charge in [-0.05, 0) is 56.1 Å². The molecule has 2 heteroatoms. The fourth-order valence-electron chi connectivity index (χ4n) is 3.69. The Morgan fingerprint density at radius 1 is 1.32 bits per heavy atom. The summed E-state index contributed by atoms with van der Waals surface area (Å²) in [5.74, 6) is 2.25. The van der Waals surface area contributed by atoms with Gasteiger partial charge in [-0.2, -0.15) is 5.26 Å². The van der Waals surface area contributed by atoms with Crippen LogP contribution in [-0.4, -0.2) is 6.04 Å². The van der Waals surface area contributed by atoms with E-state index in [1.807, 2.05) is 25.1 Å². The fourth-order valence-corrected chi connectivity index (χ4v) is 3.69. The van der Waals surface area contributed by atoms with Crippen LogP contribution in [0.1, 0.15) is 30.9 Å². The summed E-state index contributed by atoms with van der Waals surface area (Å²) >= 11 is 0. The van der Waals surface area contributed by atoms with E-state index in [9.17, 15) is 5.26 Å². The van der Waals surface area contributed by atoms with Gasteiger partial charge < -0.3 is 5.32 Å². The van der Waals surface area contributed by atoms with E-state index in [1.165, 1.54) is 12.8 Å². The van der Waals surface area contributed by atoms with Gasteiger partial charge in [-0.1, -0.05) is 24.3 Å². The van der Waals surface area contributed by atoms with Gasteiger partial charge in [-0.25, -0.2) is 0 Å². The third kappa shape index (κ3) is 2.14. The van der Waals surface area contributed by atoms with Gasteiger partial charge in [0.2, 0.25) is 0 Å². The van der Waals surface area contributed by atoms with Gasteiger partial charge in [0.05, 0.1) is 11.3 Å². The first-order valence-corrected chi connectivity index (χ1v) is 7.13. The van der Waals surface area contributed by atoms with Crippen LogP contribution < -0.4 is 5.32 Å². The number of allylic oxidation sites excluding steroid dienone is 2. The van der Waals surface area contributed by atoms with E-state index in [-0.39, 0.29) is 0 Å². The maximum absolute atomic E-state index is 9.28. The lowest BCUT2D eigenvalue weighted by molar-refractivity contribution is 0.400. The minimum Gasteiger partial charge on any atom is -0.381 e. The predicted octanol–water partition coefficient (Wildman–Crippen LogP) is 3.88. The maximum Gasteiger partial charge on any atom is 0.102 e. The number of nitriles is 1. The van der Waals surface area contributed by atoms with Crippen molar-refractivity contribution in [2.24, 2.45) is 17.8 Å². The number of nitrogens with one attached hydrogen (secondary N) is 1. The number of fused-ring (bicyclic) bond motifs is 2. The van der Waals surface area contributed by atoms with Gasteiger partial charge in [0.25, 0.3) is 0 Å². The molecule has 1 aromatic rings. The molecular weight excluding hydrogens is 232 g/mol. The second-order valence-corrected chi connectivity index (χ2v) is 5.99. The summed E-state index contributed by atoms with van der Waals surface area (Å²) in [5, 5.41) is 12.9. The van der Waals surface area contributed by atoms with Crippen LogP contribution >= 0.6 is 0 Å². The Morgan fingerprint density at radius 3 is 2.79 bits per heavy atom. The third-order valence-electron chi connectivity index (χ3n) is 4.74. The lowest BCUT2D eigenvalue weighted by atomic mass is 9.87. The van der Waals surface area contributed by atoms with E-state index < -0.39 is 0 Å². The normalized spacial score (nSPS) is 29.2. The number of benzene rings is 1. The molecule has 19 heavy (non-hydrogen) atoms. The van der Waals surface area contributed by atoms with Crippen molar-refractivity contribution in [1.29, 1.82) is 5.26 Å². The Morgan fingerprint density at radius 2 is 2.16 bits per heavy atom. The standard InChI is InChI=1S/C17H20N2/c1-11-4-3-5-17(16(11)10-18)19-12(2)15-9-13-6-7-14(15)8-13/h3-7,12-15,19H,8-9H2,1-2H3. The van der Waals surface area contributed by atoms with Gasteiger partial charge in [-0.3, -0.25) is 0 Å². The molecule has 98 valence electrons. The van der Waals surface area contributed by atoms with Crippen molar-refractivity contribution in [3.63, 3.8) is 0 Å². The van der Waals surface area contributed by atoms with Crippen molar-refractivity contribution in [2.75, 3.05) is 5.32 Å². The van der Waals surface area contributed by atoms with Crippen molar-refractivity contribution < 1.29 is 0 Å². The number of aryl methyl sites for hydroxylation is 1. The molecular formula is C17H20N2. The van der Waals surface area contributed by atoms with E-state index in [2.05, 4.69) is 30.5 Å². The molecule has 0 aliphatic heterocycles. The Hall–Kier alpha value is -1.75. The van der Waals surface area contributed by atoms with Crippen molar-refractivity contribution >= 4 is 5.69 Å². The largest absolute Gasteiger partial charge is 0.381 e. The van der Waals surface area contributed by atoms with Gasteiger partial charge in [0, 0.05) is 6.04 Å². The summed E-state index contributed by atoms with van der Waals surface area (Å²) in [4.78, 5) is 0. The Balaban J connectivity index is 1.77. The second-order valence-electron chi connectivity index (χ2n) is 5.99. The fraction of sp³-hybridized carbons (Fsp3) is 0.471. The summed E-state index contributed by atoms with van der Waals surface area (Å²) in [7, 11) is 0. The smallest absolute Gasteiger partial charge is 0.102 e. The SMILES string of the molecule is Cc1cccc(NC(C)C2CC3C=CC2C3)c1C#N. The first kappa shape index (κ1) is 12.3. The Labute approximate surface area is 115 Å². The van der Waals surface area contributed by atoms with Crippen LogP contribution in [0.5, 0.6) is 0 Å². The molecule has 0 amide bonds. The first-order valence-electron chi connectivity index (χ1n) is 7.13. The lowest BCUT2D eigenvalue weighted by Gasteiger charge is -2.27. The zero-order chi connectivity index (χ0) is 13.4. The molecule has 2 aliphatic rings. The number of hydrogen-bond acceptors (Lipinski definition) is 2. The molecule has 1 N–H and O–H groups in total. The summed E-state index contributed by atoms with van der Waals surface area (Å²) < 4.78 is 0. The molecule has 0 heterocycles. The van der Waals surface area contributed by atoms with Gasteiger partial charge in [-0.15, -0.1) is 0 Å².